The molecule has 1 aliphatic rings. The van der Waals surface area contributed by atoms with Crippen molar-refractivity contribution in [3.8, 4) is 11.5 Å². The quantitative estimate of drug-likeness (QED) is 0.572. The lowest BCUT2D eigenvalue weighted by molar-refractivity contribution is -0.136. The molecule has 3 aromatic rings. The Labute approximate surface area is 187 Å². The summed E-state index contributed by atoms with van der Waals surface area (Å²) in [4.78, 5) is 28.1. The van der Waals surface area contributed by atoms with Gasteiger partial charge in [0.1, 0.15) is 0 Å². The number of aryl methyl sites for hydroxylation is 1. The van der Waals surface area contributed by atoms with Gasteiger partial charge in [0.2, 0.25) is 0 Å². The Kier molecular flexibility index (Phi) is 5.72. The van der Waals surface area contributed by atoms with Gasteiger partial charge < -0.3 is 19.5 Å². The van der Waals surface area contributed by atoms with Gasteiger partial charge in [-0.15, -0.1) is 0 Å². The van der Waals surface area contributed by atoms with E-state index < -0.39 is 11.5 Å². The second-order valence-electron chi connectivity index (χ2n) is 7.86. The lowest BCUT2D eigenvalue weighted by Gasteiger charge is -2.23. The van der Waals surface area contributed by atoms with Gasteiger partial charge in [-0.05, 0) is 42.3 Å². The highest BCUT2D eigenvalue weighted by Gasteiger charge is 2.50. The minimum atomic E-state index is -1.94. The van der Waals surface area contributed by atoms with Crippen LogP contribution in [0.25, 0.3) is 0 Å². The molecule has 1 heterocycles. The number of methoxy groups -OCH3 is 2. The number of benzene rings is 3. The zero-order chi connectivity index (χ0) is 22.9. The fourth-order valence-electron chi connectivity index (χ4n) is 4.14. The van der Waals surface area contributed by atoms with Crippen molar-refractivity contribution < 1.29 is 24.2 Å². The Morgan fingerprint density at radius 3 is 2.38 bits per heavy atom. The van der Waals surface area contributed by atoms with E-state index >= 15 is 0 Å². The summed E-state index contributed by atoms with van der Waals surface area (Å²) in [5.41, 5.74) is 1.47. The first-order valence-corrected chi connectivity index (χ1v) is 10.3. The molecule has 0 spiro atoms. The number of Topliss-reactive ketones (excluding diaryl/α,β-unsaturated/α-hetero) is 1. The predicted octanol–water partition coefficient (Wildman–Crippen LogP) is 4.02. The van der Waals surface area contributed by atoms with E-state index in [1.807, 2.05) is 37.3 Å². The first kappa shape index (κ1) is 21.6. The van der Waals surface area contributed by atoms with Crippen LogP contribution in [-0.4, -0.2) is 31.0 Å². The maximum Gasteiger partial charge on any atom is 0.264 e. The Balaban J connectivity index is 1.67. The number of anilines is 1. The molecule has 0 aliphatic carbocycles. The minimum Gasteiger partial charge on any atom is -0.493 e. The van der Waals surface area contributed by atoms with Crippen molar-refractivity contribution in [2.24, 2.45) is 0 Å². The van der Waals surface area contributed by atoms with Gasteiger partial charge in [0.25, 0.3) is 5.91 Å². The van der Waals surface area contributed by atoms with E-state index in [1.165, 1.54) is 14.2 Å². The number of fused-ring (bicyclic) bond motifs is 1. The Morgan fingerprint density at radius 2 is 1.66 bits per heavy atom. The third-order valence-electron chi connectivity index (χ3n) is 5.95. The van der Waals surface area contributed by atoms with Crippen molar-refractivity contribution in [1.29, 1.82) is 0 Å². The second kappa shape index (κ2) is 8.48. The smallest absolute Gasteiger partial charge is 0.264 e. The fourth-order valence-corrected chi connectivity index (χ4v) is 4.14. The van der Waals surface area contributed by atoms with E-state index in [2.05, 4.69) is 0 Å². The Hall–Kier alpha value is -3.64. The molecule has 0 radical (unpaired) electrons. The van der Waals surface area contributed by atoms with Gasteiger partial charge in [0.15, 0.2) is 22.9 Å². The molecule has 6 nitrogen and oxygen atoms in total. The second-order valence-corrected chi connectivity index (χ2v) is 7.86. The summed E-state index contributed by atoms with van der Waals surface area (Å²) < 4.78 is 10.5. The molecule has 4 rings (SSSR count). The molecule has 1 unspecified atom stereocenters. The number of para-hydroxylation sites is 1. The molecule has 1 amide bonds. The van der Waals surface area contributed by atoms with Gasteiger partial charge in [-0.2, -0.15) is 0 Å². The lowest BCUT2D eigenvalue weighted by Crippen LogP contribution is -2.41. The molecule has 1 aliphatic heterocycles. The lowest BCUT2D eigenvalue weighted by atomic mass is 9.88. The molecule has 0 bridgehead atoms. The van der Waals surface area contributed by atoms with Crippen LogP contribution in [0.3, 0.4) is 0 Å². The molecule has 1 atom stereocenters. The summed E-state index contributed by atoms with van der Waals surface area (Å²) in [5.74, 6) is 0.0317. The predicted molar refractivity (Wildman–Crippen MR) is 121 cm³/mol. The SMILES string of the molecule is COc1ccc(C(=O)CC2(O)C(=O)N(Cc3ccccc3C)c3ccccc32)cc1OC. The monoisotopic (exact) mass is 431 g/mol. The number of carbonyl (C=O) groups is 2. The summed E-state index contributed by atoms with van der Waals surface area (Å²) in [5, 5.41) is 11.5. The van der Waals surface area contributed by atoms with E-state index in [1.54, 1.807) is 41.3 Å². The third kappa shape index (κ3) is 3.63. The van der Waals surface area contributed by atoms with Crippen molar-refractivity contribution in [1.82, 2.24) is 0 Å². The van der Waals surface area contributed by atoms with Crippen LogP contribution in [0.1, 0.15) is 33.5 Å². The van der Waals surface area contributed by atoms with Crippen molar-refractivity contribution in [3.05, 3.63) is 89.0 Å². The number of ketones is 1. The zero-order valence-corrected chi connectivity index (χ0v) is 18.3. The molecule has 0 saturated carbocycles. The van der Waals surface area contributed by atoms with Gasteiger partial charge in [-0.3, -0.25) is 9.59 Å². The van der Waals surface area contributed by atoms with Crippen LogP contribution in [0.4, 0.5) is 5.69 Å². The maximum atomic E-state index is 13.5. The van der Waals surface area contributed by atoms with Crippen LogP contribution in [0, 0.1) is 6.92 Å². The Morgan fingerprint density at radius 1 is 0.969 bits per heavy atom. The van der Waals surface area contributed by atoms with Crippen molar-refractivity contribution >= 4 is 17.4 Å². The average Bonchev–Trinajstić information content (AvgIpc) is 3.01. The van der Waals surface area contributed by atoms with Crippen LogP contribution in [0.2, 0.25) is 0 Å². The van der Waals surface area contributed by atoms with Crippen LogP contribution in [0.5, 0.6) is 11.5 Å². The first-order valence-electron chi connectivity index (χ1n) is 10.3. The number of carbonyl (C=O) groups excluding carboxylic acids is 2. The average molecular weight is 431 g/mol. The molecular formula is C26H25NO5. The van der Waals surface area contributed by atoms with Crippen LogP contribution >= 0.6 is 0 Å². The minimum absolute atomic E-state index is 0.315. The van der Waals surface area contributed by atoms with Gasteiger partial charge in [-0.1, -0.05) is 42.5 Å². The largest absolute Gasteiger partial charge is 0.493 e. The topological polar surface area (TPSA) is 76.1 Å². The van der Waals surface area contributed by atoms with Crippen LogP contribution < -0.4 is 14.4 Å². The first-order chi connectivity index (χ1) is 15.4. The highest BCUT2D eigenvalue weighted by molar-refractivity contribution is 6.10. The number of hydrogen-bond acceptors (Lipinski definition) is 5. The van der Waals surface area contributed by atoms with Gasteiger partial charge >= 0.3 is 0 Å². The number of ether oxygens (including phenoxy) is 2. The third-order valence-corrected chi connectivity index (χ3v) is 5.95. The number of hydrogen-bond donors (Lipinski definition) is 1. The van der Waals surface area contributed by atoms with E-state index in [9.17, 15) is 14.7 Å². The molecule has 0 aromatic heterocycles. The number of rotatable bonds is 7. The van der Waals surface area contributed by atoms with E-state index in [4.69, 9.17) is 9.47 Å². The highest BCUT2D eigenvalue weighted by Crippen LogP contribution is 2.44. The summed E-state index contributed by atoms with van der Waals surface area (Å²) in [6.45, 7) is 2.30. The van der Waals surface area contributed by atoms with Gasteiger partial charge in [0.05, 0.1) is 32.9 Å². The molecule has 0 fully saturated rings. The molecular weight excluding hydrogens is 406 g/mol. The van der Waals surface area contributed by atoms with E-state index in [0.29, 0.717) is 34.9 Å². The van der Waals surface area contributed by atoms with Crippen LogP contribution in [-0.2, 0) is 16.9 Å². The molecule has 6 heteroatoms. The van der Waals surface area contributed by atoms with Crippen molar-refractivity contribution in [3.63, 3.8) is 0 Å². The van der Waals surface area contributed by atoms with E-state index in [0.717, 1.165) is 11.1 Å². The molecule has 32 heavy (non-hydrogen) atoms. The summed E-state index contributed by atoms with van der Waals surface area (Å²) in [7, 11) is 3.00. The summed E-state index contributed by atoms with van der Waals surface area (Å²) in [6, 6.07) is 19.7. The summed E-state index contributed by atoms with van der Waals surface area (Å²) in [6.07, 6.45) is -0.372. The van der Waals surface area contributed by atoms with E-state index in [-0.39, 0.29) is 12.2 Å². The highest BCUT2D eigenvalue weighted by atomic mass is 16.5. The Bertz CT molecular complexity index is 1190. The van der Waals surface area contributed by atoms with Crippen molar-refractivity contribution in [2.45, 2.75) is 25.5 Å². The number of amides is 1. The normalized spacial score (nSPS) is 17.2. The fraction of sp³-hybridized carbons (Fsp3) is 0.231. The molecule has 1 N–H and O–H groups in total. The molecule has 3 aromatic carbocycles. The van der Waals surface area contributed by atoms with Crippen molar-refractivity contribution in [2.75, 3.05) is 19.1 Å². The number of aliphatic hydroxyl groups is 1. The van der Waals surface area contributed by atoms with Gasteiger partial charge in [-0.25, -0.2) is 0 Å². The maximum absolute atomic E-state index is 13.5. The standard InChI is InChI=1S/C26H25NO5/c1-17-8-4-5-9-19(17)16-27-21-11-7-6-10-20(21)26(30,25(27)29)15-22(28)18-12-13-23(31-2)24(14-18)32-3/h4-14,30H,15-16H2,1-3H3. The van der Waals surface area contributed by atoms with Crippen LogP contribution in [0.15, 0.2) is 66.7 Å². The molecule has 164 valence electrons. The summed E-state index contributed by atoms with van der Waals surface area (Å²) >= 11 is 0. The van der Waals surface area contributed by atoms with Gasteiger partial charge in [0, 0.05) is 11.1 Å². The molecule has 0 saturated heterocycles. The number of nitrogens with zero attached hydrogens (tertiary/aromatic N) is 1. The zero-order valence-electron chi connectivity index (χ0n) is 18.3.